The third-order valence-corrected chi connectivity index (χ3v) is 5.44. The fourth-order valence-electron chi connectivity index (χ4n) is 2.87. The molecule has 1 aliphatic carbocycles. The molecule has 1 aromatic rings. The van der Waals surface area contributed by atoms with Crippen LogP contribution in [0.25, 0.3) is 0 Å². The van der Waals surface area contributed by atoms with Gasteiger partial charge in [0.2, 0.25) is 15.9 Å². The lowest BCUT2D eigenvalue weighted by molar-refractivity contribution is -0.122. The van der Waals surface area contributed by atoms with Crippen LogP contribution in [0.15, 0.2) is 24.3 Å². The summed E-state index contributed by atoms with van der Waals surface area (Å²) >= 11 is 0. The second-order valence-electron chi connectivity index (χ2n) is 6.42. The predicted octanol–water partition coefficient (Wildman–Crippen LogP) is 2.21. The molecule has 1 amide bonds. The third kappa shape index (κ3) is 5.95. The van der Waals surface area contributed by atoms with E-state index in [0.29, 0.717) is 0 Å². The van der Waals surface area contributed by atoms with Gasteiger partial charge in [0.1, 0.15) is 0 Å². The number of carbonyl (C=O) groups is 1. The predicted molar refractivity (Wildman–Crippen MR) is 91.4 cm³/mol. The van der Waals surface area contributed by atoms with Crippen molar-refractivity contribution in [2.75, 3.05) is 12.8 Å². The Morgan fingerprint density at radius 1 is 1.17 bits per heavy atom. The van der Waals surface area contributed by atoms with Crippen molar-refractivity contribution in [3.05, 3.63) is 35.4 Å². The van der Waals surface area contributed by atoms with E-state index in [1.807, 2.05) is 31.2 Å². The lowest BCUT2D eigenvalue weighted by Crippen LogP contribution is -2.44. The Labute approximate surface area is 139 Å². The molecule has 2 rings (SSSR count). The second kappa shape index (κ2) is 7.93. The van der Waals surface area contributed by atoms with Gasteiger partial charge < -0.3 is 5.32 Å². The molecule has 0 bridgehead atoms. The molecule has 0 aromatic heterocycles. The molecule has 5 nitrogen and oxygen atoms in total. The molecular weight excluding hydrogens is 312 g/mol. The third-order valence-electron chi connectivity index (χ3n) is 4.24. The van der Waals surface area contributed by atoms with Gasteiger partial charge in [0.15, 0.2) is 0 Å². The normalized spacial score (nSPS) is 16.5. The van der Waals surface area contributed by atoms with Gasteiger partial charge >= 0.3 is 0 Å². The quantitative estimate of drug-likeness (QED) is 0.865. The Balaban J connectivity index is 1.98. The van der Waals surface area contributed by atoms with Crippen LogP contribution in [0.4, 0.5) is 0 Å². The molecular formula is C17H26N2O3S. The first-order chi connectivity index (χ1) is 10.8. The van der Waals surface area contributed by atoms with E-state index in [4.69, 9.17) is 0 Å². The number of sulfonamides is 1. The molecule has 0 radical (unpaired) electrons. The van der Waals surface area contributed by atoms with Gasteiger partial charge in [0.05, 0.1) is 12.8 Å². The highest BCUT2D eigenvalue weighted by Crippen LogP contribution is 2.17. The Morgan fingerprint density at radius 2 is 1.78 bits per heavy atom. The zero-order chi connectivity index (χ0) is 16.9. The minimum Gasteiger partial charge on any atom is -0.352 e. The van der Waals surface area contributed by atoms with Crippen LogP contribution in [0.1, 0.15) is 43.2 Å². The monoisotopic (exact) mass is 338 g/mol. The molecule has 0 spiro atoms. The summed E-state index contributed by atoms with van der Waals surface area (Å²) in [6.45, 7) is 2.08. The summed E-state index contributed by atoms with van der Waals surface area (Å²) in [5.41, 5.74) is 2.00. The number of hydrogen-bond acceptors (Lipinski definition) is 3. The summed E-state index contributed by atoms with van der Waals surface area (Å²) in [5, 5.41) is 2.97. The van der Waals surface area contributed by atoms with Gasteiger partial charge in [0, 0.05) is 12.6 Å². The van der Waals surface area contributed by atoms with Crippen LogP contribution in [0.2, 0.25) is 0 Å². The van der Waals surface area contributed by atoms with E-state index in [2.05, 4.69) is 5.32 Å². The summed E-state index contributed by atoms with van der Waals surface area (Å²) in [4.78, 5) is 12.2. The maximum atomic E-state index is 12.2. The van der Waals surface area contributed by atoms with Crippen LogP contribution >= 0.6 is 0 Å². The molecule has 0 unspecified atom stereocenters. The Kier molecular flexibility index (Phi) is 6.18. The second-order valence-corrected chi connectivity index (χ2v) is 8.40. The summed E-state index contributed by atoms with van der Waals surface area (Å²) in [6.07, 6.45) is 6.60. The molecule has 128 valence electrons. The van der Waals surface area contributed by atoms with E-state index >= 15 is 0 Å². The van der Waals surface area contributed by atoms with Gasteiger partial charge in [-0.15, -0.1) is 0 Å². The fourth-order valence-corrected chi connectivity index (χ4v) is 3.60. The van der Waals surface area contributed by atoms with Gasteiger partial charge in [-0.05, 0) is 25.3 Å². The zero-order valence-electron chi connectivity index (χ0n) is 13.9. The number of nitrogens with one attached hydrogen (secondary N) is 1. The first kappa shape index (κ1) is 17.9. The van der Waals surface area contributed by atoms with Crippen LogP contribution in [0, 0.1) is 6.92 Å². The van der Waals surface area contributed by atoms with Crippen LogP contribution in [0.5, 0.6) is 0 Å². The van der Waals surface area contributed by atoms with Crippen molar-refractivity contribution in [1.82, 2.24) is 9.62 Å². The first-order valence-electron chi connectivity index (χ1n) is 8.14. The van der Waals surface area contributed by atoms with Gasteiger partial charge in [-0.1, -0.05) is 49.1 Å². The van der Waals surface area contributed by atoms with Gasteiger partial charge in [-0.25, -0.2) is 8.42 Å². The highest BCUT2D eigenvalue weighted by molar-refractivity contribution is 7.88. The average Bonchev–Trinajstić information content (AvgIpc) is 2.49. The van der Waals surface area contributed by atoms with E-state index < -0.39 is 10.0 Å². The highest BCUT2D eigenvalue weighted by atomic mass is 32.2. The van der Waals surface area contributed by atoms with Crippen molar-refractivity contribution in [1.29, 1.82) is 0 Å². The number of hydrogen-bond donors (Lipinski definition) is 1. The number of aryl methyl sites for hydroxylation is 1. The molecule has 0 saturated heterocycles. The molecule has 1 N–H and O–H groups in total. The lowest BCUT2D eigenvalue weighted by atomic mass is 9.95. The van der Waals surface area contributed by atoms with Crippen molar-refractivity contribution >= 4 is 15.9 Å². The van der Waals surface area contributed by atoms with Gasteiger partial charge in [0.25, 0.3) is 0 Å². The maximum absolute atomic E-state index is 12.2. The minimum atomic E-state index is -3.44. The molecule has 1 aliphatic rings. The number of amides is 1. The molecule has 1 aromatic carbocycles. The Hall–Kier alpha value is -1.40. The largest absolute Gasteiger partial charge is 0.352 e. The average molecular weight is 338 g/mol. The zero-order valence-corrected chi connectivity index (χ0v) is 14.7. The smallest absolute Gasteiger partial charge is 0.235 e. The molecule has 23 heavy (non-hydrogen) atoms. The number of nitrogens with zero attached hydrogens (tertiary/aromatic N) is 1. The van der Waals surface area contributed by atoms with Gasteiger partial charge in [-0.2, -0.15) is 4.31 Å². The van der Waals surface area contributed by atoms with Crippen LogP contribution in [-0.2, 0) is 21.4 Å². The molecule has 0 aliphatic heterocycles. The topological polar surface area (TPSA) is 66.5 Å². The van der Waals surface area contributed by atoms with Gasteiger partial charge in [-0.3, -0.25) is 4.79 Å². The maximum Gasteiger partial charge on any atom is 0.235 e. The molecule has 1 saturated carbocycles. The van der Waals surface area contributed by atoms with E-state index in [9.17, 15) is 13.2 Å². The molecule has 0 heterocycles. The molecule has 1 fully saturated rings. The summed E-state index contributed by atoms with van der Waals surface area (Å²) in [5.74, 6) is -0.213. The number of carbonyl (C=O) groups excluding carboxylic acids is 1. The lowest BCUT2D eigenvalue weighted by Gasteiger charge is -2.25. The Morgan fingerprint density at radius 3 is 2.35 bits per heavy atom. The first-order valence-corrected chi connectivity index (χ1v) is 9.99. The number of rotatable bonds is 6. The highest BCUT2D eigenvalue weighted by Gasteiger charge is 2.22. The van der Waals surface area contributed by atoms with E-state index in [1.54, 1.807) is 0 Å². The van der Waals surface area contributed by atoms with Crippen LogP contribution in [-0.4, -0.2) is 37.5 Å². The van der Waals surface area contributed by atoms with Crippen molar-refractivity contribution in [3.8, 4) is 0 Å². The standard InChI is InChI=1S/C17H26N2O3S/c1-14-8-10-15(11-9-14)12-19(23(2,21)22)13-17(20)18-16-6-4-3-5-7-16/h8-11,16H,3-7,12-13H2,1-2H3,(H,18,20). The van der Waals surface area contributed by atoms with E-state index in [1.165, 1.54) is 10.7 Å². The fraction of sp³-hybridized carbons (Fsp3) is 0.588. The SMILES string of the molecule is Cc1ccc(CN(CC(=O)NC2CCCCC2)S(C)(=O)=O)cc1. The van der Waals surface area contributed by atoms with Crippen molar-refractivity contribution in [2.24, 2.45) is 0 Å². The summed E-state index contributed by atoms with van der Waals surface area (Å²) < 4.78 is 25.2. The minimum absolute atomic E-state index is 0.122. The Bertz CT molecular complexity index is 620. The molecule has 0 atom stereocenters. The van der Waals surface area contributed by atoms with E-state index in [-0.39, 0.29) is 25.0 Å². The van der Waals surface area contributed by atoms with Crippen LogP contribution < -0.4 is 5.32 Å². The van der Waals surface area contributed by atoms with Crippen molar-refractivity contribution < 1.29 is 13.2 Å². The summed E-state index contributed by atoms with van der Waals surface area (Å²) in [6, 6.07) is 7.87. The van der Waals surface area contributed by atoms with Crippen LogP contribution in [0.3, 0.4) is 0 Å². The summed E-state index contributed by atoms with van der Waals surface area (Å²) in [7, 11) is -3.44. The number of benzene rings is 1. The van der Waals surface area contributed by atoms with E-state index in [0.717, 1.165) is 43.1 Å². The van der Waals surface area contributed by atoms with Crippen molar-refractivity contribution in [3.63, 3.8) is 0 Å². The molecule has 6 heteroatoms. The van der Waals surface area contributed by atoms with Crippen molar-refractivity contribution in [2.45, 2.75) is 51.6 Å².